The van der Waals surface area contributed by atoms with Crippen molar-refractivity contribution in [3.63, 3.8) is 0 Å². The van der Waals surface area contributed by atoms with Crippen molar-refractivity contribution in [2.45, 2.75) is 26.5 Å². The highest BCUT2D eigenvalue weighted by Gasteiger charge is 2.20. The third kappa shape index (κ3) is 4.17. The summed E-state index contributed by atoms with van der Waals surface area (Å²) in [5.41, 5.74) is 9.22. The summed E-state index contributed by atoms with van der Waals surface area (Å²) < 4.78 is 5.14. The molecule has 0 aromatic heterocycles. The molecule has 1 aromatic carbocycles. The fourth-order valence-electron chi connectivity index (χ4n) is 1.24. The van der Waals surface area contributed by atoms with Gasteiger partial charge in [0.2, 0.25) is 0 Å². The van der Waals surface area contributed by atoms with Crippen LogP contribution in [0.5, 0.6) is 0 Å². The van der Waals surface area contributed by atoms with Gasteiger partial charge in [0.05, 0.1) is 5.92 Å². The maximum Gasteiger partial charge on any atom is 0.309 e. The topological polar surface area (TPSA) is 75.1 Å². The smallest absolute Gasteiger partial charge is 0.309 e. The molecule has 0 heterocycles. The summed E-state index contributed by atoms with van der Waals surface area (Å²) in [6.45, 7) is 3.62. The van der Waals surface area contributed by atoms with Gasteiger partial charge in [-0.25, -0.2) is 0 Å². The first-order chi connectivity index (χ1) is 8.15. The second kappa shape index (κ2) is 6.55. The van der Waals surface area contributed by atoms with Crippen molar-refractivity contribution in [1.29, 1.82) is 0 Å². The van der Waals surface area contributed by atoms with E-state index in [1.807, 2.05) is 30.3 Å². The van der Waals surface area contributed by atoms with Gasteiger partial charge in [0.15, 0.2) is 0 Å². The summed E-state index contributed by atoms with van der Waals surface area (Å²) in [4.78, 5) is 14.3. The number of esters is 1. The molecule has 0 saturated carbocycles. The molecule has 0 aliphatic heterocycles. The molecule has 0 N–H and O–H groups in total. The van der Waals surface area contributed by atoms with E-state index in [1.54, 1.807) is 13.8 Å². The molecule has 0 amide bonds. The Hall–Kier alpha value is -2.00. The van der Waals surface area contributed by atoms with E-state index >= 15 is 0 Å². The minimum absolute atomic E-state index is 0.243. The predicted molar refractivity (Wildman–Crippen MR) is 64.0 cm³/mol. The van der Waals surface area contributed by atoms with Crippen LogP contribution in [-0.2, 0) is 16.1 Å². The molecule has 5 nitrogen and oxygen atoms in total. The highest BCUT2D eigenvalue weighted by molar-refractivity contribution is 5.72. The molecule has 0 fully saturated rings. The minimum atomic E-state index is -0.436. The average Bonchev–Trinajstić information content (AvgIpc) is 2.36. The number of benzene rings is 1. The van der Waals surface area contributed by atoms with Gasteiger partial charge < -0.3 is 4.74 Å². The molecule has 1 aromatic rings. The normalized spacial score (nSPS) is 13.3. The lowest BCUT2D eigenvalue weighted by Crippen LogP contribution is -2.23. The summed E-state index contributed by atoms with van der Waals surface area (Å²) in [7, 11) is 0. The Morgan fingerprint density at radius 2 is 2.06 bits per heavy atom. The Balaban J connectivity index is 2.47. The van der Waals surface area contributed by atoms with E-state index in [0.717, 1.165) is 5.56 Å². The number of azide groups is 1. The van der Waals surface area contributed by atoms with Crippen LogP contribution in [-0.4, -0.2) is 12.0 Å². The highest BCUT2D eigenvalue weighted by Crippen LogP contribution is 2.11. The maximum absolute atomic E-state index is 11.6. The summed E-state index contributed by atoms with van der Waals surface area (Å²) in [5.74, 6) is -0.789. The molecule has 0 bridgehead atoms. The first-order valence-electron chi connectivity index (χ1n) is 5.40. The van der Waals surface area contributed by atoms with Crippen molar-refractivity contribution in [2.24, 2.45) is 11.0 Å². The molecule has 0 radical (unpaired) electrons. The van der Waals surface area contributed by atoms with Crippen LogP contribution in [0.25, 0.3) is 10.4 Å². The van der Waals surface area contributed by atoms with E-state index < -0.39 is 12.0 Å². The predicted octanol–water partition coefficient (Wildman–Crippen LogP) is 3.06. The largest absolute Gasteiger partial charge is 0.461 e. The Morgan fingerprint density at radius 3 is 2.65 bits per heavy atom. The van der Waals surface area contributed by atoms with Crippen molar-refractivity contribution >= 4 is 5.97 Å². The van der Waals surface area contributed by atoms with Gasteiger partial charge in [-0.2, -0.15) is 0 Å². The zero-order chi connectivity index (χ0) is 12.7. The van der Waals surface area contributed by atoms with Gasteiger partial charge in [-0.3, -0.25) is 4.79 Å². The van der Waals surface area contributed by atoms with E-state index in [-0.39, 0.29) is 12.6 Å². The molecule has 1 rings (SSSR count). The van der Waals surface area contributed by atoms with Crippen LogP contribution in [0, 0.1) is 5.92 Å². The van der Waals surface area contributed by atoms with Crippen LogP contribution >= 0.6 is 0 Å². The van der Waals surface area contributed by atoms with Crippen molar-refractivity contribution in [3.05, 3.63) is 46.3 Å². The first-order valence-corrected chi connectivity index (χ1v) is 5.40. The van der Waals surface area contributed by atoms with Gasteiger partial charge in [0, 0.05) is 11.0 Å². The minimum Gasteiger partial charge on any atom is -0.461 e. The number of nitrogens with zero attached hydrogens (tertiary/aromatic N) is 3. The van der Waals surface area contributed by atoms with Crippen molar-refractivity contribution in [2.75, 3.05) is 0 Å². The number of hydrogen-bond donors (Lipinski definition) is 0. The van der Waals surface area contributed by atoms with Crippen LogP contribution in [0.4, 0.5) is 0 Å². The first kappa shape index (κ1) is 13.1. The molecular formula is C12H15N3O2. The molecular weight excluding hydrogens is 218 g/mol. The summed E-state index contributed by atoms with van der Waals surface area (Å²) in [5, 5.41) is 3.48. The molecule has 5 heteroatoms. The fourth-order valence-corrected chi connectivity index (χ4v) is 1.24. The molecule has 0 saturated heterocycles. The van der Waals surface area contributed by atoms with Gasteiger partial charge in [-0.1, -0.05) is 49.3 Å². The quantitative estimate of drug-likeness (QED) is 0.339. The lowest BCUT2D eigenvalue weighted by Gasteiger charge is -2.14. The van der Waals surface area contributed by atoms with Crippen LogP contribution in [0.1, 0.15) is 19.4 Å². The lowest BCUT2D eigenvalue weighted by atomic mass is 10.1. The van der Waals surface area contributed by atoms with Crippen LogP contribution in [0.3, 0.4) is 0 Å². The molecule has 0 spiro atoms. The number of carbonyl (C=O) groups is 1. The van der Waals surface area contributed by atoms with E-state index in [2.05, 4.69) is 10.0 Å². The standard InChI is InChI=1S/C12H15N3O2/c1-9(10(2)14-15-13)12(16)17-8-11-6-4-3-5-7-11/h3-7,9-10H,8H2,1-2H3/t9-,10+/m0/s1. The van der Waals surface area contributed by atoms with E-state index in [0.29, 0.717) is 0 Å². The zero-order valence-electron chi connectivity index (χ0n) is 9.91. The number of ether oxygens (including phenoxy) is 1. The maximum atomic E-state index is 11.6. The number of hydrogen-bond acceptors (Lipinski definition) is 3. The fraction of sp³-hybridized carbons (Fsp3) is 0.417. The van der Waals surface area contributed by atoms with Gasteiger partial charge in [0.25, 0.3) is 0 Å². The monoisotopic (exact) mass is 233 g/mol. The number of carbonyl (C=O) groups excluding carboxylic acids is 1. The zero-order valence-corrected chi connectivity index (χ0v) is 9.91. The number of rotatable bonds is 5. The SMILES string of the molecule is C[C@H](C(=O)OCc1ccccc1)[C@@H](C)N=[N+]=[N-]. The van der Waals surface area contributed by atoms with E-state index in [1.165, 1.54) is 0 Å². The van der Waals surface area contributed by atoms with Crippen molar-refractivity contribution in [3.8, 4) is 0 Å². The van der Waals surface area contributed by atoms with E-state index in [4.69, 9.17) is 10.3 Å². The molecule has 0 aliphatic rings. The van der Waals surface area contributed by atoms with E-state index in [9.17, 15) is 4.79 Å². The Bertz CT molecular complexity index is 413. The third-order valence-electron chi connectivity index (χ3n) is 2.55. The van der Waals surface area contributed by atoms with Crippen LogP contribution in [0.2, 0.25) is 0 Å². The molecule has 2 atom stereocenters. The second-order valence-electron chi connectivity index (χ2n) is 3.83. The van der Waals surface area contributed by atoms with Gasteiger partial charge in [-0.15, -0.1) is 0 Å². The molecule has 17 heavy (non-hydrogen) atoms. The Morgan fingerprint density at radius 1 is 1.41 bits per heavy atom. The van der Waals surface area contributed by atoms with Crippen molar-refractivity contribution < 1.29 is 9.53 Å². The van der Waals surface area contributed by atoms with Crippen LogP contribution in [0.15, 0.2) is 35.4 Å². The second-order valence-corrected chi connectivity index (χ2v) is 3.83. The highest BCUT2D eigenvalue weighted by atomic mass is 16.5. The average molecular weight is 233 g/mol. The summed E-state index contributed by atoms with van der Waals surface area (Å²) >= 11 is 0. The third-order valence-corrected chi connectivity index (χ3v) is 2.55. The Labute approximate surface area is 100 Å². The Kier molecular flexibility index (Phi) is 5.04. The van der Waals surface area contributed by atoms with Gasteiger partial charge in [0.1, 0.15) is 6.61 Å². The summed E-state index contributed by atoms with van der Waals surface area (Å²) in [6, 6.07) is 9.04. The molecule has 0 unspecified atom stereocenters. The lowest BCUT2D eigenvalue weighted by molar-refractivity contribution is -0.149. The molecule has 0 aliphatic carbocycles. The van der Waals surface area contributed by atoms with Gasteiger partial charge in [-0.05, 0) is 11.1 Å². The van der Waals surface area contributed by atoms with Crippen molar-refractivity contribution in [1.82, 2.24) is 0 Å². The molecule has 90 valence electrons. The van der Waals surface area contributed by atoms with Gasteiger partial charge >= 0.3 is 5.97 Å². The summed E-state index contributed by atoms with van der Waals surface area (Å²) in [6.07, 6.45) is 0. The van der Waals surface area contributed by atoms with Crippen LogP contribution < -0.4 is 0 Å².